The third-order valence-electron chi connectivity index (χ3n) is 3.57. The molecule has 0 aliphatic carbocycles. The molecule has 1 fully saturated rings. The van der Waals surface area contributed by atoms with Gasteiger partial charge in [-0.3, -0.25) is 9.69 Å². The summed E-state index contributed by atoms with van der Waals surface area (Å²) in [6.45, 7) is 5.50. The summed E-state index contributed by atoms with van der Waals surface area (Å²) in [5.41, 5.74) is 0. The summed E-state index contributed by atoms with van der Waals surface area (Å²) in [6, 6.07) is 0.929. The number of aromatic nitrogens is 2. The highest BCUT2D eigenvalue weighted by molar-refractivity contribution is 5.68. The van der Waals surface area contributed by atoms with Crippen LogP contribution in [0, 0.1) is 0 Å². The second-order valence-electron chi connectivity index (χ2n) is 5.36. The lowest BCUT2D eigenvalue weighted by molar-refractivity contribution is -0.136. The van der Waals surface area contributed by atoms with Crippen molar-refractivity contribution in [1.82, 2.24) is 15.0 Å². The van der Waals surface area contributed by atoms with Crippen LogP contribution in [0.25, 0.3) is 0 Å². The van der Waals surface area contributed by atoms with E-state index in [0.717, 1.165) is 13.0 Å². The van der Waals surface area contributed by atoms with Gasteiger partial charge in [0, 0.05) is 18.5 Å². The highest BCUT2D eigenvalue weighted by atomic mass is 16.5. The zero-order valence-electron chi connectivity index (χ0n) is 11.5. The summed E-state index contributed by atoms with van der Waals surface area (Å²) in [4.78, 5) is 17.2. The lowest BCUT2D eigenvalue weighted by Crippen LogP contribution is -2.45. The van der Waals surface area contributed by atoms with E-state index < -0.39 is 5.97 Å². The zero-order valence-corrected chi connectivity index (χ0v) is 11.5. The van der Waals surface area contributed by atoms with Crippen LogP contribution in [-0.2, 0) is 17.6 Å². The second kappa shape index (κ2) is 6.14. The van der Waals surface area contributed by atoms with Gasteiger partial charge in [0.1, 0.15) is 6.42 Å². The van der Waals surface area contributed by atoms with Gasteiger partial charge in [0.2, 0.25) is 5.89 Å². The third-order valence-corrected chi connectivity index (χ3v) is 3.57. The van der Waals surface area contributed by atoms with E-state index in [1.165, 1.54) is 12.8 Å². The Morgan fingerprint density at radius 1 is 1.53 bits per heavy atom. The normalized spacial score (nSPS) is 20.9. The zero-order chi connectivity index (χ0) is 13.8. The maximum Gasteiger partial charge on any atom is 0.311 e. The van der Waals surface area contributed by atoms with Crippen molar-refractivity contribution in [3.05, 3.63) is 11.7 Å². The quantitative estimate of drug-likeness (QED) is 0.871. The van der Waals surface area contributed by atoms with Crippen LogP contribution in [0.4, 0.5) is 0 Å². The van der Waals surface area contributed by atoms with Gasteiger partial charge in [0.05, 0.1) is 0 Å². The van der Waals surface area contributed by atoms with Crippen LogP contribution in [0.5, 0.6) is 0 Å². The van der Waals surface area contributed by atoms with Gasteiger partial charge in [-0.15, -0.1) is 0 Å². The fraction of sp³-hybridized carbons (Fsp3) is 0.769. The number of rotatable bonds is 5. The maximum absolute atomic E-state index is 10.6. The predicted molar refractivity (Wildman–Crippen MR) is 68.8 cm³/mol. The van der Waals surface area contributed by atoms with Crippen LogP contribution in [0.15, 0.2) is 4.52 Å². The fourth-order valence-corrected chi connectivity index (χ4v) is 2.70. The van der Waals surface area contributed by atoms with Crippen molar-refractivity contribution < 1.29 is 14.4 Å². The maximum atomic E-state index is 10.6. The lowest BCUT2D eigenvalue weighted by atomic mass is 9.98. The molecule has 1 aromatic heterocycles. The first-order valence-corrected chi connectivity index (χ1v) is 6.85. The number of piperidine rings is 1. The van der Waals surface area contributed by atoms with E-state index in [0.29, 0.717) is 24.4 Å². The number of carboxylic acids is 1. The molecule has 2 heterocycles. The largest absolute Gasteiger partial charge is 0.481 e. The Morgan fingerprint density at radius 2 is 2.32 bits per heavy atom. The van der Waals surface area contributed by atoms with Crippen LogP contribution in [0.2, 0.25) is 0 Å². The Kier molecular flexibility index (Phi) is 4.52. The van der Waals surface area contributed by atoms with Crippen molar-refractivity contribution in [3.63, 3.8) is 0 Å². The second-order valence-corrected chi connectivity index (χ2v) is 5.36. The molecule has 1 aliphatic heterocycles. The minimum absolute atomic E-state index is 0.179. The Morgan fingerprint density at radius 3 is 3.00 bits per heavy atom. The molecule has 0 spiro atoms. The molecule has 0 bridgehead atoms. The first-order chi connectivity index (χ1) is 9.06. The van der Waals surface area contributed by atoms with Crippen molar-refractivity contribution in [1.29, 1.82) is 0 Å². The van der Waals surface area contributed by atoms with Gasteiger partial charge >= 0.3 is 5.97 Å². The van der Waals surface area contributed by atoms with Crippen LogP contribution in [0.3, 0.4) is 0 Å². The molecular weight excluding hydrogens is 246 g/mol. The van der Waals surface area contributed by atoms with E-state index in [2.05, 4.69) is 28.9 Å². The summed E-state index contributed by atoms with van der Waals surface area (Å²) in [7, 11) is 0. The van der Waals surface area contributed by atoms with Crippen LogP contribution >= 0.6 is 0 Å². The SMILES string of the molecule is CC(C)N1CCCCC1Cc1nc(CC(=O)O)no1. The predicted octanol–water partition coefficient (Wildman–Crippen LogP) is 1.50. The number of likely N-dealkylation sites (tertiary alicyclic amines) is 1. The molecular formula is C13H21N3O3. The number of carbonyl (C=O) groups is 1. The van der Waals surface area contributed by atoms with Crippen molar-refractivity contribution in [3.8, 4) is 0 Å². The molecule has 1 atom stereocenters. The number of aliphatic carboxylic acids is 1. The van der Waals surface area contributed by atoms with E-state index in [-0.39, 0.29) is 12.2 Å². The Balaban J connectivity index is 1.98. The van der Waals surface area contributed by atoms with Gasteiger partial charge in [-0.25, -0.2) is 0 Å². The highest BCUT2D eigenvalue weighted by Gasteiger charge is 2.26. The molecule has 19 heavy (non-hydrogen) atoms. The fourth-order valence-electron chi connectivity index (χ4n) is 2.70. The standard InChI is InChI=1S/C13H21N3O3/c1-9(2)16-6-4-3-5-10(16)7-12-14-11(15-19-12)8-13(17)18/h9-10H,3-8H2,1-2H3,(H,17,18). The van der Waals surface area contributed by atoms with Crippen molar-refractivity contribution in [2.45, 2.75) is 58.0 Å². The summed E-state index contributed by atoms with van der Waals surface area (Å²) < 4.78 is 5.15. The van der Waals surface area contributed by atoms with Crippen LogP contribution in [0.1, 0.15) is 44.8 Å². The number of carboxylic acid groups (broad SMARTS) is 1. The average molecular weight is 267 g/mol. The van der Waals surface area contributed by atoms with Gasteiger partial charge in [0.25, 0.3) is 0 Å². The van der Waals surface area contributed by atoms with E-state index in [4.69, 9.17) is 9.63 Å². The molecule has 106 valence electrons. The summed E-state index contributed by atoms with van der Waals surface area (Å²) in [6.07, 6.45) is 4.13. The first-order valence-electron chi connectivity index (χ1n) is 6.85. The molecule has 0 aromatic carbocycles. The molecule has 1 N–H and O–H groups in total. The lowest BCUT2D eigenvalue weighted by Gasteiger charge is -2.38. The number of hydrogen-bond acceptors (Lipinski definition) is 5. The Labute approximate surface area is 112 Å². The van der Waals surface area contributed by atoms with E-state index in [9.17, 15) is 4.79 Å². The van der Waals surface area contributed by atoms with E-state index in [1.807, 2.05) is 0 Å². The minimum Gasteiger partial charge on any atom is -0.481 e. The molecule has 0 saturated carbocycles. The minimum atomic E-state index is -0.936. The molecule has 6 heteroatoms. The summed E-state index contributed by atoms with van der Waals surface area (Å²) in [5, 5.41) is 12.4. The van der Waals surface area contributed by atoms with Crippen molar-refractivity contribution in [2.75, 3.05) is 6.54 Å². The molecule has 1 saturated heterocycles. The molecule has 1 aliphatic rings. The van der Waals surface area contributed by atoms with Gasteiger partial charge in [-0.2, -0.15) is 4.98 Å². The van der Waals surface area contributed by atoms with Crippen LogP contribution < -0.4 is 0 Å². The smallest absolute Gasteiger partial charge is 0.311 e. The average Bonchev–Trinajstić information content (AvgIpc) is 2.76. The monoisotopic (exact) mass is 267 g/mol. The first kappa shape index (κ1) is 14.0. The van der Waals surface area contributed by atoms with Gasteiger partial charge in [0.15, 0.2) is 5.82 Å². The van der Waals surface area contributed by atoms with Crippen molar-refractivity contribution >= 4 is 5.97 Å². The molecule has 1 aromatic rings. The number of nitrogens with zero attached hydrogens (tertiary/aromatic N) is 3. The highest BCUT2D eigenvalue weighted by Crippen LogP contribution is 2.22. The van der Waals surface area contributed by atoms with Crippen molar-refractivity contribution in [2.24, 2.45) is 0 Å². The van der Waals surface area contributed by atoms with E-state index in [1.54, 1.807) is 0 Å². The number of hydrogen-bond donors (Lipinski definition) is 1. The summed E-state index contributed by atoms with van der Waals surface area (Å²) >= 11 is 0. The third kappa shape index (κ3) is 3.76. The Hall–Kier alpha value is -1.43. The Bertz CT molecular complexity index is 431. The molecule has 2 rings (SSSR count). The van der Waals surface area contributed by atoms with Crippen LogP contribution in [-0.4, -0.2) is 44.7 Å². The van der Waals surface area contributed by atoms with Gasteiger partial charge in [-0.05, 0) is 33.2 Å². The van der Waals surface area contributed by atoms with E-state index >= 15 is 0 Å². The molecule has 0 amide bonds. The molecule has 1 unspecified atom stereocenters. The topological polar surface area (TPSA) is 79.5 Å². The molecule has 0 radical (unpaired) electrons. The van der Waals surface area contributed by atoms with Gasteiger partial charge in [-0.1, -0.05) is 11.6 Å². The van der Waals surface area contributed by atoms with Gasteiger partial charge < -0.3 is 9.63 Å². The molecule has 6 nitrogen and oxygen atoms in total. The summed E-state index contributed by atoms with van der Waals surface area (Å²) in [5.74, 6) is -0.128.